The van der Waals surface area contributed by atoms with Crippen molar-refractivity contribution in [1.29, 1.82) is 0 Å². The van der Waals surface area contributed by atoms with Crippen molar-refractivity contribution in [2.75, 3.05) is 26.7 Å². The number of carbonyl (C=O) groups excluding carboxylic acids is 1. The van der Waals surface area contributed by atoms with E-state index in [1.807, 2.05) is 47.4 Å². The van der Waals surface area contributed by atoms with E-state index in [-0.39, 0.29) is 12.0 Å². The number of guanidine groups is 1. The fraction of sp³-hybridized carbons (Fsp3) is 0.417. The molecule has 6 nitrogen and oxygen atoms in total. The summed E-state index contributed by atoms with van der Waals surface area (Å²) in [5.41, 5.74) is 3.13. The maximum absolute atomic E-state index is 12.6. The number of piperidine rings is 1. The predicted molar refractivity (Wildman–Crippen MR) is 119 cm³/mol. The maximum Gasteiger partial charge on any atom is 0.253 e. The van der Waals surface area contributed by atoms with E-state index < -0.39 is 0 Å². The van der Waals surface area contributed by atoms with E-state index in [4.69, 9.17) is 4.74 Å². The van der Waals surface area contributed by atoms with Gasteiger partial charge in [0.15, 0.2) is 5.96 Å². The van der Waals surface area contributed by atoms with Crippen LogP contribution in [0.15, 0.2) is 53.5 Å². The third-order valence-electron chi connectivity index (χ3n) is 5.74. The molecule has 2 N–H and O–H groups in total. The number of nitrogens with one attached hydrogen (secondary N) is 2. The quantitative estimate of drug-likeness (QED) is 0.592. The number of ether oxygens (including phenoxy) is 1. The van der Waals surface area contributed by atoms with Crippen molar-refractivity contribution >= 4 is 11.9 Å². The van der Waals surface area contributed by atoms with Gasteiger partial charge in [0.25, 0.3) is 5.91 Å². The Kier molecular flexibility index (Phi) is 6.52. The number of benzene rings is 2. The van der Waals surface area contributed by atoms with Gasteiger partial charge in [-0.1, -0.05) is 30.3 Å². The zero-order chi connectivity index (χ0) is 20.8. The average Bonchev–Trinajstić information content (AvgIpc) is 3.23. The molecule has 0 bridgehead atoms. The third kappa shape index (κ3) is 4.93. The maximum atomic E-state index is 12.6. The minimum Gasteiger partial charge on any atom is -0.488 e. The van der Waals surface area contributed by atoms with Gasteiger partial charge in [0.1, 0.15) is 11.9 Å². The molecule has 0 aromatic heterocycles. The molecule has 1 amide bonds. The molecule has 0 aliphatic carbocycles. The summed E-state index contributed by atoms with van der Waals surface area (Å²) in [4.78, 5) is 18.8. The van der Waals surface area contributed by atoms with Crippen LogP contribution in [0, 0.1) is 0 Å². The second kappa shape index (κ2) is 9.65. The highest BCUT2D eigenvalue weighted by Gasteiger charge is 2.22. The normalized spacial score (nSPS) is 18.5. The summed E-state index contributed by atoms with van der Waals surface area (Å²) in [5.74, 6) is 1.86. The molecule has 0 radical (unpaired) electrons. The zero-order valence-electron chi connectivity index (χ0n) is 17.6. The molecule has 1 fully saturated rings. The highest BCUT2D eigenvalue weighted by molar-refractivity contribution is 5.94. The topological polar surface area (TPSA) is 66.0 Å². The Morgan fingerprint density at radius 2 is 1.83 bits per heavy atom. The van der Waals surface area contributed by atoms with Crippen LogP contribution in [0.25, 0.3) is 0 Å². The number of hydrogen-bond acceptors (Lipinski definition) is 3. The number of rotatable bonds is 5. The smallest absolute Gasteiger partial charge is 0.253 e. The Labute approximate surface area is 178 Å². The highest BCUT2D eigenvalue weighted by atomic mass is 16.5. The molecule has 2 aromatic rings. The first-order valence-electron chi connectivity index (χ1n) is 10.8. The van der Waals surface area contributed by atoms with Crippen molar-refractivity contribution in [1.82, 2.24) is 15.5 Å². The van der Waals surface area contributed by atoms with E-state index in [0.29, 0.717) is 13.1 Å². The molecule has 0 saturated carbocycles. The fourth-order valence-corrected chi connectivity index (χ4v) is 4.03. The molecule has 2 aromatic carbocycles. The first-order valence-corrected chi connectivity index (χ1v) is 10.8. The number of fused-ring (bicyclic) bond motifs is 1. The summed E-state index contributed by atoms with van der Waals surface area (Å²) >= 11 is 0. The molecule has 1 atom stereocenters. The van der Waals surface area contributed by atoms with Crippen molar-refractivity contribution in [3.05, 3.63) is 65.2 Å². The van der Waals surface area contributed by atoms with Gasteiger partial charge in [-0.25, -0.2) is 0 Å². The lowest BCUT2D eigenvalue weighted by Gasteiger charge is -2.26. The van der Waals surface area contributed by atoms with Crippen molar-refractivity contribution in [3.63, 3.8) is 0 Å². The van der Waals surface area contributed by atoms with Crippen molar-refractivity contribution in [3.8, 4) is 5.75 Å². The van der Waals surface area contributed by atoms with Crippen LogP contribution in [0.2, 0.25) is 0 Å². The van der Waals surface area contributed by atoms with Gasteiger partial charge in [-0.2, -0.15) is 0 Å². The number of carbonyl (C=O) groups is 1. The molecule has 158 valence electrons. The number of aliphatic imine (C=N–C) groups is 1. The van der Waals surface area contributed by atoms with Crippen molar-refractivity contribution in [2.45, 2.75) is 38.3 Å². The minimum absolute atomic E-state index is 0.112. The van der Waals surface area contributed by atoms with Crippen LogP contribution >= 0.6 is 0 Å². The second-order valence-electron chi connectivity index (χ2n) is 7.91. The monoisotopic (exact) mass is 406 g/mol. The van der Waals surface area contributed by atoms with Crippen LogP contribution in [0.5, 0.6) is 5.75 Å². The van der Waals surface area contributed by atoms with Gasteiger partial charge >= 0.3 is 0 Å². The number of nitrogens with zero attached hydrogens (tertiary/aromatic N) is 2. The van der Waals surface area contributed by atoms with E-state index in [2.05, 4.69) is 21.7 Å². The van der Waals surface area contributed by atoms with Crippen LogP contribution in [0.1, 0.15) is 40.7 Å². The number of amides is 1. The second-order valence-corrected chi connectivity index (χ2v) is 7.91. The molecule has 2 heterocycles. The fourth-order valence-electron chi connectivity index (χ4n) is 4.03. The van der Waals surface area contributed by atoms with Gasteiger partial charge in [-0.15, -0.1) is 0 Å². The summed E-state index contributed by atoms with van der Waals surface area (Å²) < 4.78 is 5.97. The summed E-state index contributed by atoms with van der Waals surface area (Å²) in [6.07, 6.45) is 4.47. The summed E-state index contributed by atoms with van der Waals surface area (Å²) in [6, 6.07) is 16.0. The van der Waals surface area contributed by atoms with Gasteiger partial charge in [0.05, 0.1) is 6.54 Å². The van der Waals surface area contributed by atoms with Gasteiger partial charge in [-0.05, 0) is 48.6 Å². The first kappa shape index (κ1) is 20.3. The van der Waals surface area contributed by atoms with Gasteiger partial charge in [-0.3, -0.25) is 9.79 Å². The van der Waals surface area contributed by atoms with Crippen molar-refractivity contribution < 1.29 is 9.53 Å². The Bertz CT molecular complexity index is 863. The molecular formula is C24H30N4O2. The lowest BCUT2D eigenvalue weighted by atomic mass is 10.1. The Balaban J connectivity index is 1.24. The number of hydrogen-bond donors (Lipinski definition) is 2. The van der Waals surface area contributed by atoms with Crippen LogP contribution < -0.4 is 15.4 Å². The van der Waals surface area contributed by atoms with Gasteiger partial charge in [0.2, 0.25) is 0 Å². The number of likely N-dealkylation sites (tertiary alicyclic amines) is 1. The SMILES string of the molecule is CN=C(NCc1ccc(C(=O)N2CCCCC2)cc1)NCC1Cc2ccccc2O1. The Morgan fingerprint density at radius 3 is 2.57 bits per heavy atom. The molecule has 2 aliphatic heterocycles. The van der Waals surface area contributed by atoms with Crippen LogP contribution in [0.4, 0.5) is 0 Å². The van der Waals surface area contributed by atoms with E-state index in [9.17, 15) is 4.79 Å². The molecule has 30 heavy (non-hydrogen) atoms. The third-order valence-corrected chi connectivity index (χ3v) is 5.74. The van der Waals surface area contributed by atoms with E-state index in [1.165, 1.54) is 12.0 Å². The Hall–Kier alpha value is -3.02. The van der Waals surface area contributed by atoms with Gasteiger partial charge < -0.3 is 20.3 Å². The van der Waals surface area contributed by atoms with E-state index in [1.54, 1.807) is 7.05 Å². The molecule has 0 spiro atoms. The molecule has 2 aliphatic rings. The molecular weight excluding hydrogens is 376 g/mol. The lowest BCUT2D eigenvalue weighted by molar-refractivity contribution is 0.0724. The van der Waals surface area contributed by atoms with Crippen LogP contribution in [-0.4, -0.2) is 49.6 Å². The van der Waals surface area contributed by atoms with Crippen molar-refractivity contribution in [2.24, 2.45) is 4.99 Å². The lowest BCUT2D eigenvalue weighted by Crippen LogP contribution is -2.41. The van der Waals surface area contributed by atoms with E-state index in [0.717, 1.165) is 55.2 Å². The molecule has 1 unspecified atom stereocenters. The average molecular weight is 407 g/mol. The number of para-hydroxylation sites is 1. The zero-order valence-corrected chi connectivity index (χ0v) is 17.6. The standard InChI is InChI=1S/C24H30N4O2/c1-25-24(27-17-21-15-20-7-3-4-8-22(20)30-21)26-16-18-9-11-19(12-10-18)23(29)28-13-5-2-6-14-28/h3-4,7-12,21H,2,5-6,13-17H2,1H3,(H2,25,26,27). The van der Waals surface area contributed by atoms with Gasteiger partial charge in [0, 0.05) is 38.7 Å². The highest BCUT2D eigenvalue weighted by Crippen LogP contribution is 2.27. The minimum atomic E-state index is 0.112. The largest absolute Gasteiger partial charge is 0.488 e. The molecule has 6 heteroatoms. The predicted octanol–water partition coefficient (Wildman–Crippen LogP) is 2.98. The molecule has 1 saturated heterocycles. The summed E-state index contributed by atoms with van der Waals surface area (Å²) in [5, 5.41) is 6.67. The molecule has 4 rings (SSSR count). The Morgan fingerprint density at radius 1 is 1.07 bits per heavy atom. The summed E-state index contributed by atoms with van der Waals surface area (Å²) in [7, 11) is 1.76. The van der Waals surface area contributed by atoms with E-state index >= 15 is 0 Å². The van der Waals surface area contributed by atoms with Crippen LogP contribution in [-0.2, 0) is 13.0 Å². The summed E-state index contributed by atoms with van der Waals surface area (Å²) in [6.45, 7) is 3.08. The first-order chi connectivity index (χ1) is 14.7. The van der Waals surface area contributed by atoms with Crippen LogP contribution in [0.3, 0.4) is 0 Å².